The summed E-state index contributed by atoms with van der Waals surface area (Å²) in [5, 5.41) is 0. The zero-order valence-electron chi connectivity index (χ0n) is 8.82. The molecule has 0 fully saturated rings. The third kappa shape index (κ3) is 11.2. The molecule has 80 valence electrons. The fourth-order valence-electron chi connectivity index (χ4n) is 0.738. The normalized spacial score (nSPS) is 7.64. The third-order valence-corrected chi connectivity index (χ3v) is 1.29. The van der Waals surface area contributed by atoms with Gasteiger partial charge in [-0.25, -0.2) is 0 Å². The quantitative estimate of drug-likeness (QED) is 0.726. The van der Waals surface area contributed by atoms with E-state index in [4.69, 9.17) is 0 Å². The first-order valence-electron chi connectivity index (χ1n) is 4.31. The molecule has 0 spiro atoms. The lowest BCUT2D eigenvalue weighted by molar-refractivity contribution is -0.140. The molecule has 2 nitrogen and oxygen atoms in total. The first kappa shape index (κ1) is 15.6. The standard InChI is InChI=1S/C7H8.C4H8O2.BrH/c1-7-5-3-2-4-6-7;1-3-6-4(2)5;/h2-6H,1H3;3H2,1-2H3;1H. The van der Waals surface area contributed by atoms with Crippen LogP contribution < -0.4 is 0 Å². The maximum absolute atomic E-state index is 9.82. The Hall–Kier alpha value is -0.830. The van der Waals surface area contributed by atoms with Crippen molar-refractivity contribution < 1.29 is 9.53 Å². The molecule has 0 amide bonds. The highest BCUT2D eigenvalue weighted by Crippen LogP contribution is 1.92. The number of rotatable bonds is 1. The predicted octanol–water partition coefficient (Wildman–Crippen LogP) is 3.14. The van der Waals surface area contributed by atoms with Gasteiger partial charge in [0.05, 0.1) is 6.61 Å². The van der Waals surface area contributed by atoms with Gasteiger partial charge in [-0.15, -0.1) is 17.0 Å². The fraction of sp³-hybridized carbons (Fsp3) is 0.364. The number of halogens is 1. The summed E-state index contributed by atoms with van der Waals surface area (Å²) in [7, 11) is 0. The van der Waals surface area contributed by atoms with Crippen molar-refractivity contribution in [2.24, 2.45) is 0 Å². The summed E-state index contributed by atoms with van der Waals surface area (Å²) in [6, 6.07) is 10.3. The van der Waals surface area contributed by atoms with E-state index in [0.29, 0.717) is 6.61 Å². The van der Waals surface area contributed by atoms with Crippen molar-refractivity contribution in [2.75, 3.05) is 6.61 Å². The Morgan fingerprint density at radius 1 is 1.29 bits per heavy atom. The molecule has 0 saturated heterocycles. The molecule has 0 aliphatic carbocycles. The van der Waals surface area contributed by atoms with Crippen molar-refractivity contribution in [1.29, 1.82) is 0 Å². The van der Waals surface area contributed by atoms with Gasteiger partial charge >= 0.3 is 5.97 Å². The predicted molar refractivity (Wildman–Crippen MR) is 63.8 cm³/mol. The van der Waals surface area contributed by atoms with Crippen LogP contribution in [0, 0.1) is 6.92 Å². The lowest BCUT2D eigenvalue weighted by atomic mass is 10.2. The monoisotopic (exact) mass is 260 g/mol. The summed E-state index contributed by atoms with van der Waals surface area (Å²) in [6.07, 6.45) is 0. The molecule has 0 unspecified atom stereocenters. The summed E-state index contributed by atoms with van der Waals surface area (Å²) in [6.45, 7) is 5.74. The zero-order valence-corrected chi connectivity index (χ0v) is 10.5. The SMILES string of the molecule is Br.CCOC(C)=O.Cc1ccccc1. The Kier molecular flexibility index (Phi) is 11.4. The molecule has 0 heterocycles. The molecular formula is C11H17BrO2. The van der Waals surface area contributed by atoms with E-state index < -0.39 is 0 Å². The molecular weight excluding hydrogens is 244 g/mol. The summed E-state index contributed by atoms with van der Waals surface area (Å²) in [5.74, 6) is -0.211. The lowest BCUT2D eigenvalue weighted by Crippen LogP contribution is -1.95. The number of carbonyl (C=O) groups is 1. The van der Waals surface area contributed by atoms with Crippen molar-refractivity contribution in [2.45, 2.75) is 20.8 Å². The van der Waals surface area contributed by atoms with E-state index in [1.54, 1.807) is 6.92 Å². The maximum Gasteiger partial charge on any atom is 0.302 e. The first-order valence-corrected chi connectivity index (χ1v) is 4.31. The van der Waals surface area contributed by atoms with Gasteiger partial charge in [-0.3, -0.25) is 4.79 Å². The van der Waals surface area contributed by atoms with E-state index in [1.165, 1.54) is 12.5 Å². The molecule has 0 saturated carbocycles. The molecule has 0 aliphatic heterocycles. The smallest absolute Gasteiger partial charge is 0.302 e. The van der Waals surface area contributed by atoms with Crippen LogP contribution in [0.3, 0.4) is 0 Å². The van der Waals surface area contributed by atoms with Gasteiger partial charge in [-0.2, -0.15) is 0 Å². The minimum Gasteiger partial charge on any atom is -0.466 e. The third-order valence-electron chi connectivity index (χ3n) is 1.29. The van der Waals surface area contributed by atoms with Gasteiger partial charge < -0.3 is 4.74 Å². The molecule has 0 aromatic heterocycles. The van der Waals surface area contributed by atoms with Crippen LogP contribution >= 0.6 is 17.0 Å². The van der Waals surface area contributed by atoms with Gasteiger partial charge in [-0.05, 0) is 13.8 Å². The second-order valence-corrected chi connectivity index (χ2v) is 2.58. The van der Waals surface area contributed by atoms with Crippen LogP contribution in [-0.4, -0.2) is 12.6 Å². The highest BCUT2D eigenvalue weighted by atomic mass is 79.9. The van der Waals surface area contributed by atoms with E-state index in [1.807, 2.05) is 18.2 Å². The highest BCUT2D eigenvalue weighted by molar-refractivity contribution is 8.93. The van der Waals surface area contributed by atoms with Crippen LogP contribution in [0.2, 0.25) is 0 Å². The number of benzene rings is 1. The molecule has 0 N–H and O–H groups in total. The Balaban J connectivity index is 0. The topological polar surface area (TPSA) is 26.3 Å². The maximum atomic E-state index is 9.82. The van der Waals surface area contributed by atoms with Crippen LogP contribution in [-0.2, 0) is 9.53 Å². The van der Waals surface area contributed by atoms with Crippen molar-refractivity contribution in [1.82, 2.24) is 0 Å². The summed E-state index contributed by atoms with van der Waals surface area (Å²) >= 11 is 0. The summed E-state index contributed by atoms with van der Waals surface area (Å²) in [5.41, 5.74) is 1.32. The molecule has 1 rings (SSSR count). The summed E-state index contributed by atoms with van der Waals surface area (Å²) < 4.78 is 4.40. The average molecular weight is 261 g/mol. The van der Waals surface area contributed by atoms with E-state index in [-0.39, 0.29) is 23.0 Å². The second kappa shape index (κ2) is 10.3. The van der Waals surface area contributed by atoms with Crippen LogP contribution in [0.15, 0.2) is 30.3 Å². The van der Waals surface area contributed by atoms with Crippen LogP contribution in [0.4, 0.5) is 0 Å². The molecule has 1 aromatic carbocycles. The van der Waals surface area contributed by atoms with Crippen molar-refractivity contribution >= 4 is 23.0 Å². The minimum atomic E-state index is -0.211. The van der Waals surface area contributed by atoms with E-state index in [0.717, 1.165) is 0 Å². The Morgan fingerprint density at radius 2 is 1.79 bits per heavy atom. The number of aryl methyl sites for hydroxylation is 1. The van der Waals surface area contributed by atoms with Crippen LogP contribution in [0.1, 0.15) is 19.4 Å². The van der Waals surface area contributed by atoms with E-state index in [2.05, 4.69) is 23.8 Å². The van der Waals surface area contributed by atoms with E-state index >= 15 is 0 Å². The lowest BCUT2D eigenvalue weighted by Gasteiger charge is -1.89. The zero-order chi connectivity index (χ0) is 10.1. The van der Waals surface area contributed by atoms with Gasteiger partial charge in [0.1, 0.15) is 0 Å². The Bertz CT molecular complexity index is 234. The largest absolute Gasteiger partial charge is 0.466 e. The van der Waals surface area contributed by atoms with Crippen LogP contribution in [0.25, 0.3) is 0 Å². The van der Waals surface area contributed by atoms with Gasteiger partial charge in [0.2, 0.25) is 0 Å². The molecule has 1 aromatic rings. The summed E-state index contributed by atoms with van der Waals surface area (Å²) in [4.78, 5) is 9.82. The number of carbonyl (C=O) groups excluding carboxylic acids is 1. The van der Waals surface area contributed by atoms with Gasteiger partial charge in [0, 0.05) is 6.92 Å². The van der Waals surface area contributed by atoms with Crippen LogP contribution in [0.5, 0.6) is 0 Å². The number of esters is 1. The second-order valence-electron chi connectivity index (χ2n) is 2.58. The fourth-order valence-corrected chi connectivity index (χ4v) is 0.738. The molecule has 14 heavy (non-hydrogen) atoms. The van der Waals surface area contributed by atoms with Gasteiger partial charge in [0.25, 0.3) is 0 Å². The number of hydrogen-bond acceptors (Lipinski definition) is 2. The Morgan fingerprint density at radius 3 is 1.93 bits per heavy atom. The van der Waals surface area contributed by atoms with Gasteiger partial charge in [-0.1, -0.05) is 35.9 Å². The molecule has 0 bridgehead atoms. The first-order chi connectivity index (χ1) is 6.16. The Labute approximate surface area is 96.0 Å². The van der Waals surface area contributed by atoms with Crippen molar-refractivity contribution in [3.63, 3.8) is 0 Å². The molecule has 0 aliphatic rings. The minimum absolute atomic E-state index is 0. The van der Waals surface area contributed by atoms with Gasteiger partial charge in [0.15, 0.2) is 0 Å². The van der Waals surface area contributed by atoms with E-state index in [9.17, 15) is 4.79 Å². The number of hydrogen-bond donors (Lipinski definition) is 0. The molecule has 3 heteroatoms. The molecule has 0 atom stereocenters. The molecule has 0 radical (unpaired) electrons. The van der Waals surface area contributed by atoms with Crippen molar-refractivity contribution in [3.8, 4) is 0 Å². The van der Waals surface area contributed by atoms with Crippen molar-refractivity contribution in [3.05, 3.63) is 35.9 Å². The number of ether oxygens (including phenoxy) is 1. The highest BCUT2D eigenvalue weighted by Gasteiger charge is 1.81. The average Bonchev–Trinajstić information content (AvgIpc) is 2.06.